The Morgan fingerprint density at radius 1 is 0.969 bits per heavy atom. The van der Waals surface area contributed by atoms with Crippen LogP contribution in [0.15, 0.2) is 85.1 Å². The summed E-state index contributed by atoms with van der Waals surface area (Å²) >= 11 is 6.21. The van der Waals surface area contributed by atoms with Crippen molar-refractivity contribution in [1.82, 2.24) is 4.57 Å². The molecule has 0 unspecified atom stereocenters. The first-order valence-electron chi connectivity index (χ1n) is 9.96. The SMILES string of the molecule is CS(=O)(=O)N(Cc1ccccc1Cl)c1ccc(NC(=O)Cn2ccc3ccccc32)cc1. The van der Waals surface area contributed by atoms with E-state index in [0.717, 1.165) is 17.2 Å². The number of nitrogens with zero attached hydrogens (tertiary/aromatic N) is 2. The maximum absolute atomic E-state index is 12.5. The van der Waals surface area contributed by atoms with Crippen molar-refractivity contribution in [2.45, 2.75) is 13.1 Å². The Bertz CT molecular complexity index is 1360. The zero-order chi connectivity index (χ0) is 22.7. The van der Waals surface area contributed by atoms with E-state index in [0.29, 0.717) is 22.0 Å². The summed E-state index contributed by atoms with van der Waals surface area (Å²) in [7, 11) is -3.54. The lowest BCUT2D eigenvalue weighted by Crippen LogP contribution is -2.29. The Morgan fingerprint density at radius 3 is 2.38 bits per heavy atom. The standard InChI is InChI=1S/C24H22ClN3O3S/c1-32(30,31)28(16-19-7-2-4-8-22(19)25)21-12-10-20(11-13-21)26-24(29)17-27-15-14-18-6-3-5-9-23(18)27/h2-15H,16-17H2,1H3,(H,26,29). The monoisotopic (exact) mass is 467 g/mol. The molecule has 0 saturated heterocycles. The molecule has 6 nitrogen and oxygen atoms in total. The van der Waals surface area contributed by atoms with Crippen molar-refractivity contribution in [1.29, 1.82) is 0 Å². The third kappa shape index (κ3) is 4.95. The number of halogens is 1. The molecule has 4 aromatic rings. The number of rotatable bonds is 7. The maximum Gasteiger partial charge on any atom is 0.244 e. The van der Waals surface area contributed by atoms with Crippen LogP contribution in [0.2, 0.25) is 5.02 Å². The molecule has 32 heavy (non-hydrogen) atoms. The molecule has 0 bridgehead atoms. The minimum absolute atomic E-state index is 0.116. The molecule has 0 aliphatic rings. The number of carbonyl (C=O) groups excluding carboxylic acids is 1. The van der Waals surface area contributed by atoms with E-state index in [1.165, 1.54) is 4.31 Å². The Balaban J connectivity index is 1.48. The number of carbonyl (C=O) groups is 1. The number of amides is 1. The molecule has 0 saturated carbocycles. The van der Waals surface area contributed by atoms with Gasteiger partial charge < -0.3 is 9.88 Å². The van der Waals surface area contributed by atoms with Gasteiger partial charge in [-0.2, -0.15) is 0 Å². The summed E-state index contributed by atoms with van der Waals surface area (Å²) in [6.07, 6.45) is 3.03. The molecule has 1 heterocycles. The van der Waals surface area contributed by atoms with Gasteiger partial charge in [0.25, 0.3) is 0 Å². The number of nitrogens with one attached hydrogen (secondary N) is 1. The summed E-state index contributed by atoms with van der Waals surface area (Å²) in [4.78, 5) is 12.5. The van der Waals surface area contributed by atoms with Crippen LogP contribution in [-0.2, 0) is 27.9 Å². The highest BCUT2D eigenvalue weighted by atomic mass is 35.5. The van der Waals surface area contributed by atoms with Crippen LogP contribution in [0, 0.1) is 0 Å². The topological polar surface area (TPSA) is 71.4 Å². The number of hydrogen-bond donors (Lipinski definition) is 1. The normalized spacial score (nSPS) is 11.4. The van der Waals surface area contributed by atoms with E-state index in [1.807, 2.05) is 47.2 Å². The van der Waals surface area contributed by atoms with Gasteiger partial charge in [0, 0.05) is 22.4 Å². The summed E-state index contributed by atoms with van der Waals surface area (Å²) in [5, 5.41) is 4.44. The molecular weight excluding hydrogens is 446 g/mol. The highest BCUT2D eigenvalue weighted by molar-refractivity contribution is 7.92. The van der Waals surface area contributed by atoms with Crippen LogP contribution in [-0.4, -0.2) is 25.1 Å². The number of aromatic nitrogens is 1. The van der Waals surface area contributed by atoms with Crippen molar-refractivity contribution >= 4 is 49.8 Å². The maximum atomic E-state index is 12.5. The third-order valence-electron chi connectivity index (χ3n) is 5.11. The summed E-state index contributed by atoms with van der Waals surface area (Å²) in [6, 6.07) is 23.7. The number of sulfonamides is 1. The number of benzene rings is 3. The molecule has 0 radical (unpaired) electrons. The molecule has 0 aliphatic carbocycles. The average molecular weight is 468 g/mol. The molecule has 1 aromatic heterocycles. The van der Waals surface area contributed by atoms with Crippen LogP contribution in [0.5, 0.6) is 0 Å². The van der Waals surface area contributed by atoms with Gasteiger partial charge in [0.15, 0.2) is 0 Å². The smallest absolute Gasteiger partial charge is 0.244 e. The largest absolute Gasteiger partial charge is 0.338 e. The first kappa shape index (κ1) is 21.9. The van der Waals surface area contributed by atoms with Gasteiger partial charge in [-0.1, -0.05) is 48.0 Å². The number of anilines is 2. The molecule has 1 N–H and O–H groups in total. The zero-order valence-corrected chi connectivity index (χ0v) is 19.0. The van der Waals surface area contributed by atoms with Crippen molar-refractivity contribution in [3.8, 4) is 0 Å². The Kier molecular flexibility index (Phi) is 6.21. The fraction of sp³-hybridized carbons (Fsp3) is 0.125. The van der Waals surface area contributed by atoms with E-state index in [-0.39, 0.29) is 19.0 Å². The van der Waals surface area contributed by atoms with E-state index < -0.39 is 10.0 Å². The quantitative estimate of drug-likeness (QED) is 0.420. The van der Waals surface area contributed by atoms with Crippen LogP contribution in [0.3, 0.4) is 0 Å². The van der Waals surface area contributed by atoms with Gasteiger partial charge in [-0.3, -0.25) is 9.10 Å². The predicted octanol–water partition coefficient (Wildman–Crippen LogP) is 4.90. The van der Waals surface area contributed by atoms with Crippen LogP contribution in [0.25, 0.3) is 10.9 Å². The average Bonchev–Trinajstić information content (AvgIpc) is 3.16. The molecule has 1 amide bonds. The van der Waals surface area contributed by atoms with E-state index >= 15 is 0 Å². The number of fused-ring (bicyclic) bond motifs is 1. The highest BCUT2D eigenvalue weighted by Crippen LogP contribution is 2.25. The molecule has 0 fully saturated rings. The lowest BCUT2D eigenvalue weighted by atomic mass is 10.2. The molecule has 0 aliphatic heterocycles. The molecule has 0 atom stereocenters. The van der Waals surface area contributed by atoms with Crippen molar-refractivity contribution in [3.05, 3.63) is 95.6 Å². The lowest BCUT2D eigenvalue weighted by Gasteiger charge is -2.23. The second-order valence-electron chi connectivity index (χ2n) is 7.46. The molecule has 3 aromatic carbocycles. The molecule has 4 rings (SSSR count). The van der Waals surface area contributed by atoms with Gasteiger partial charge in [-0.25, -0.2) is 8.42 Å². The van der Waals surface area contributed by atoms with Crippen molar-refractivity contribution in [2.24, 2.45) is 0 Å². The van der Waals surface area contributed by atoms with Gasteiger partial charge in [0.05, 0.1) is 18.5 Å². The highest BCUT2D eigenvalue weighted by Gasteiger charge is 2.19. The van der Waals surface area contributed by atoms with Crippen molar-refractivity contribution in [2.75, 3.05) is 15.9 Å². The molecule has 8 heteroatoms. The summed E-state index contributed by atoms with van der Waals surface area (Å²) in [6.45, 7) is 0.294. The summed E-state index contributed by atoms with van der Waals surface area (Å²) in [5.74, 6) is -0.171. The van der Waals surface area contributed by atoms with Gasteiger partial charge in [0.2, 0.25) is 15.9 Å². The van der Waals surface area contributed by atoms with Crippen molar-refractivity contribution in [3.63, 3.8) is 0 Å². The van der Waals surface area contributed by atoms with Crippen molar-refractivity contribution < 1.29 is 13.2 Å². The minimum atomic E-state index is -3.54. The summed E-state index contributed by atoms with van der Waals surface area (Å²) in [5.41, 5.74) is 2.76. The molecule has 164 valence electrons. The third-order valence-corrected chi connectivity index (χ3v) is 6.61. The molecule has 0 spiro atoms. The van der Waals surface area contributed by atoms with Gasteiger partial charge in [0.1, 0.15) is 6.54 Å². The van der Waals surface area contributed by atoms with E-state index in [1.54, 1.807) is 42.5 Å². The fourth-order valence-electron chi connectivity index (χ4n) is 3.53. The van der Waals surface area contributed by atoms with Gasteiger partial charge >= 0.3 is 0 Å². The van der Waals surface area contributed by atoms with Crippen LogP contribution < -0.4 is 9.62 Å². The van der Waals surface area contributed by atoms with E-state index in [2.05, 4.69) is 5.32 Å². The van der Waals surface area contributed by atoms with Gasteiger partial charge in [-0.15, -0.1) is 0 Å². The fourth-order valence-corrected chi connectivity index (χ4v) is 4.60. The first-order chi connectivity index (χ1) is 15.3. The van der Waals surface area contributed by atoms with Crippen LogP contribution >= 0.6 is 11.6 Å². The Hall–Kier alpha value is -3.29. The Morgan fingerprint density at radius 2 is 1.66 bits per heavy atom. The zero-order valence-electron chi connectivity index (χ0n) is 17.4. The first-order valence-corrected chi connectivity index (χ1v) is 12.2. The number of hydrogen-bond acceptors (Lipinski definition) is 3. The van der Waals surface area contributed by atoms with Crippen LogP contribution in [0.1, 0.15) is 5.56 Å². The second kappa shape index (κ2) is 9.06. The molecular formula is C24H22ClN3O3S. The number of para-hydroxylation sites is 1. The van der Waals surface area contributed by atoms with E-state index in [4.69, 9.17) is 11.6 Å². The predicted molar refractivity (Wildman–Crippen MR) is 129 cm³/mol. The van der Waals surface area contributed by atoms with E-state index in [9.17, 15) is 13.2 Å². The Labute approximate surface area is 192 Å². The second-order valence-corrected chi connectivity index (χ2v) is 9.77. The van der Waals surface area contributed by atoms with Gasteiger partial charge in [-0.05, 0) is 53.4 Å². The lowest BCUT2D eigenvalue weighted by molar-refractivity contribution is -0.116. The summed E-state index contributed by atoms with van der Waals surface area (Å²) < 4.78 is 28.0. The minimum Gasteiger partial charge on any atom is -0.338 e. The van der Waals surface area contributed by atoms with Crippen LogP contribution in [0.4, 0.5) is 11.4 Å².